The summed E-state index contributed by atoms with van der Waals surface area (Å²) >= 11 is 0. The fourth-order valence-corrected chi connectivity index (χ4v) is 3.80. The van der Waals surface area contributed by atoms with Gasteiger partial charge in [0.1, 0.15) is 0 Å². The molecule has 0 N–H and O–H groups in total. The standard InChI is InChI=1S/C16H16N2O4/c1-9(2)12-10-5-6-11(12)16(8-18,14(20)22-4)15(10,7-17)13(19)21-3/h5-6,10-11H,1-4H3/t10-,11+,15?,16?. The molecule has 1 fully saturated rings. The maximum absolute atomic E-state index is 12.5. The van der Waals surface area contributed by atoms with Gasteiger partial charge in [0.25, 0.3) is 0 Å². The minimum Gasteiger partial charge on any atom is -0.468 e. The Morgan fingerprint density at radius 1 is 1.00 bits per heavy atom. The molecule has 1 saturated carbocycles. The third-order valence-corrected chi connectivity index (χ3v) is 4.67. The maximum Gasteiger partial charge on any atom is 0.329 e. The van der Waals surface area contributed by atoms with Crippen LogP contribution in [0.3, 0.4) is 0 Å². The average molecular weight is 300 g/mol. The zero-order valence-corrected chi connectivity index (χ0v) is 12.8. The Labute approximate surface area is 128 Å². The molecule has 22 heavy (non-hydrogen) atoms. The van der Waals surface area contributed by atoms with Gasteiger partial charge in [0, 0.05) is 11.8 Å². The smallest absolute Gasteiger partial charge is 0.329 e. The molecule has 0 spiro atoms. The molecule has 2 rings (SSSR count). The molecule has 2 aliphatic rings. The molecule has 6 heteroatoms. The van der Waals surface area contributed by atoms with Crippen LogP contribution in [0.15, 0.2) is 23.3 Å². The molecule has 0 amide bonds. The molecular formula is C16H16N2O4. The largest absolute Gasteiger partial charge is 0.468 e. The first-order valence-electron chi connectivity index (χ1n) is 6.73. The minimum absolute atomic E-state index is 0.668. The van der Waals surface area contributed by atoms with E-state index in [4.69, 9.17) is 9.47 Å². The third kappa shape index (κ3) is 1.42. The van der Waals surface area contributed by atoms with Crippen molar-refractivity contribution in [1.82, 2.24) is 0 Å². The second-order valence-electron chi connectivity index (χ2n) is 5.62. The number of carbonyl (C=O) groups excluding carboxylic acids is 2. The van der Waals surface area contributed by atoms with Crippen molar-refractivity contribution in [3.8, 4) is 12.1 Å². The number of carbonyl (C=O) groups is 2. The summed E-state index contributed by atoms with van der Waals surface area (Å²) in [5.41, 5.74) is -2.27. The molecule has 0 saturated heterocycles. The Balaban J connectivity index is 2.92. The van der Waals surface area contributed by atoms with E-state index in [2.05, 4.69) is 0 Å². The number of esters is 2. The summed E-state index contributed by atoms with van der Waals surface area (Å²) in [6.07, 6.45) is 3.40. The average Bonchev–Trinajstić information content (AvgIpc) is 3.06. The van der Waals surface area contributed by atoms with Crippen molar-refractivity contribution in [2.45, 2.75) is 13.8 Å². The van der Waals surface area contributed by atoms with Gasteiger partial charge in [-0.2, -0.15) is 10.5 Å². The Morgan fingerprint density at radius 2 is 1.36 bits per heavy atom. The molecule has 2 aliphatic carbocycles. The number of fused-ring (bicyclic) bond motifs is 2. The Morgan fingerprint density at radius 3 is 1.59 bits per heavy atom. The van der Waals surface area contributed by atoms with Gasteiger partial charge in [-0.1, -0.05) is 23.3 Å². The molecule has 0 heterocycles. The van der Waals surface area contributed by atoms with Gasteiger partial charge in [-0.3, -0.25) is 9.59 Å². The van der Waals surface area contributed by atoms with Gasteiger partial charge in [0.05, 0.1) is 26.4 Å². The van der Waals surface area contributed by atoms with Crippen molar-refractivity contribution in [3.63, 3.8) is 0 Å². The molecule has 0 aliphatic heterocycles. The predicted molar refractivity (Wildman–Crippen MR) is 74.6 cm³/mol. The summed E-state index contributed by atoms with van der Waals surface area (Å²) in [4.78, 5) is 24.9. The molecule has 2 bridgehead atoms. The van der Waals surface area contributed by atoms with Gasteiger partial charge >= 0.3 is 11.9 Å². The highest BCUT2D eigenvalue weighted by Gasteiger charge is 2.78. The number of hydrogen-bond donors (Lipinski definition) is 0. The second-order valence-corrected chi connectivity index (χ2v) is 5.62. The molecule has 2 unspecified atom stereocenters. The summed E-state index contributed by atoms with van der Waals surface area (Å²) in [6.45, 7) is 3.65. The fourth-order valence-electron chi connectivity index (χ4n) is 3.80. The lowest BCUT2D eigenvalue weighted by molar-refractivity contribution is -0.169. The molecule has 0 aromatic carbocycles. The van der Waals surface area contributed by atoms with Crippen LogP contribution in [0.1, 0.15) is 13.8 Å². The lowest BCUT2D eigenvalue weighted by Crippen LogP contribution is -2.54. The van der Waals surface area contributed by atoms with Crippen molar-refractivity contribution < 1.29 is 19.1 Å². The van der Waals surface area contributed by atoms with Gasteiger partial charge < -0.3 is 9.47 Å². The highest BCUT2D eigenvalue weighted by Crippen LogP contribution is 2.67. The highest BCUT2D eigenvalue weighted by atomic mass is 16.5. The van der Waals surface area contributed by atoms with Crippen LogP contribution in [-0.2, 0) is 19.1 Å². The monoisotopic (exact) mass is 300 g/mol. The third-order valence-electron chi connectivity index (χ3n) is 4.67. The lowest BCUT2D eigenvalue weighted by Gasteiger charge is -2.37. The number of rotatable bonds is 2. The second kappa shape index (κ2) is 4.99. The lowest BCUT2D eigenvalue weighted by atomic mass is 9.59. The van der Waals surface area contributed by atoms with E-state index in [-0.39, 0.29) is 0 Å². The van der Waals surface area contributed by atoms with E-state index < -0.39 is 34.6 Å². The van der Waals surface area contributed by atoms with Gasteiger partial charge in [0.15, 0.2) is 10.8 Å². The van der Waals surface area contributed by atoms with Crippen LogP contribution in [0, 0.1) is 45.3 Å². The quantitative estimate of drug-likeness (QED) is 0.566. The first-order chi connectivity index (χ1) is 10.4. The summed E-state index contributed by atoms with van der Waals surface area (Å²) in [7, 11) is 2.28. The zero-order valence-electron chi connectivity index (χ0n) is 12.8. The number of methoxy groups -OCH3 is 2. The molecular weight excluding hydrogens is 284 g/mol. The van der Waals surface area contributed by atoms with Crippen LogP contribution in [0.25, 0.3) is 0 Å². The topological polar surface area (TPSA) is 100 Å². The molecule has 0 aromatic rings. The Kier molecular flexibility index (Phi) is 3.58. The van der Waals surface area contributed by atoms with Crippen LogP contribution in [-0.4, -0.2) is 26.2 Å². The normalized spacial score (nSPS) is 34.7. The van der Waals surface area contributed by atoms with E-state index in [1.807, 2.05) is 26.0 Å². The first-order valence-corrected chi connectivity index (χ1v) is 6.73. The van der Waals surface area contributed by atoms with E-state index in [0.29, 0.717) is 0 Å². The van der Waals surface area contributed by atoms with E-state index in [0.717, 1.165) is 25.4 Å². The van der Waals surface area contributed by atoms with Gasteiger partial charge in [0.2, 0.25) is 0 Å². The summed E-state index contributed by atoms with van der Waals surface area (Å²) in [6, 6.07) is 3.84. The van der Waals surface area contributed by atoms with Gasteiger partial charge in [-0.25, -0.2) is 0 Å². The zero-order chi connectivity index (χ0) is 16.7. The van der Waals surface area contributed by atoms with Crippen LogP contribution in [0.2, 0.25) is 0 Å². The van der Waals surface area contributed by atoms with Crippen molar-refractivity contribution in [3.05, 3.63) is 23.3 Å². The van der Waals surface area contributed by atoms with E-state index in [1.54, 1.807) is 12.2 Å². The first kappa shape index (κ1) is 15.8. The Hall–Kier alpha value is -2.60. The number of ether oxygens (including phenoxy) is 2. The predicted octanol–water partition coefficient (Wildman–Crippen LogP) is 1.50. The van der Waals surface area contributed by atoms with Gasteiger partial charge in [-0.05, 0) is 13.8 Å². The Bertz CT molecular complexity index is 638. The maximum atomic E-state index is 12.5. The molecule has 6 nitrogen and oxygen atoms in total. The van der Waals surface area contributed by atoms with E-state index in [9.17, 15) is 20.1 Å². The van der Waals surface area contributed by atoms with Crippen LogP contribution in [0.5, 0.6) is 0 Å². The number of nitriles is 2. The van der Waals surface area contributed by atoms with Crippen molar-refractivity contribution in [1.29, 1.82) is 10.5 Å². The van der Waals surface area contributed by atoms with Gasteiger partial charge in [-0.15, -0.1) is 0 Å². The fraction of sp³-hybridized carbons (Fsp3) is 0.500. The van der Waals surface area contributed by atoms with Crippen LogP contribution in [0.4, 0.5) is 0 Å². The van der Waals surface area contributed by atoms with E-state index in [1.165, 1.54) is 0 Å². The summed E-state index contributed by atoms with van der Waals surface area (Å²) < 4.78 is 9.57. The molecule has 114 valence electrons. The number of allylic oxidation sites excluding steroid dienone is 4. The summed E-state index contributed by atoms with van der Waals surface area (Å²) in [5.74, 6) is -3.12. The van der Waals surface area contributed by atoms with Crippen molar-refractivity contribution in [2.24, 2.45) is 22.7 Å². The number of nitrogens with zero attached hydrogens (tertiary/aromatic N) is 2. The number of hydrogen-bond acceptors (Lipinski definition) is 6. The molecule has 0 radical (unpaired) electrons. The molecule has 0 aromatic heterocycles. The van der Waals surface area contributed by atoms with Crippen LogP contribution < -0.4 is 0 Å². The SMILES string of the molecule is COC(=O)C1(C#N)[C@@H]2C=C[C@@H](C2=C(C)C)C1(C#N)C(=O)OC. The van der Waals surface area contributed by atoms with E-state index >= 15 is 0 Å². The van der Waals surface area contributed by atoms with Crippen molar-refractivity contribution in [2.75, 3.05) is 14.2 Å². The molecule has 4 atom stereocenters. The van der Waals surface area contributed by atoms with Crippen LogP contribution >= 0.6 is 0 Å². The summed E-state index contributed by atoms with van der Waals surface area (Å²) in [5, 5.41) is 19.6. The highest BCUT2D eigenvalue weighted by molar-refractivity contribution is 5.97. The minimum atomic E-state index is -1.93. The van der Waals surface area contributed by atoms with Crippen molar-refractivity contribution >= 4 is 11.9 Å².